The van der Waals surface area contributed by atoms with Gasteiger partial charge in [-0.1, -0.05) is 29.3 Å². The van der Waals surface area contributed by atoms with Crippen molar-refractivity contribution in [3.63, 3.8) is 0 Å². The molecule has 8 nitrogen and oxygen atoms in total. The number of halogens is 2. The van der Waals surface area contributed by atoms with E-state index in [4.69, 9.17) is 28.5 Å². The second-order valence-electron chi connectivity index (χ2n) is 6.90. The van der Waals surface area contributed by atoms with Gasteiger partial charge in [-0.2, -0.15) is 9.94 Å². The van der Waals surface area contributed by atoms with E-state index in [-0.39, 0.29) is 11.2 Å². The van der Waals surface area contributed by atoms with E-state index in [1.807, 2.05) is 29.2 Å². The van der Waals surface area contributed by atoms with Crippen LogP contribution in [0.3, 0.4) is 0 Å². The SMILES string of the molecule is Cc1cc2cc(Cc3c(Cl)cc(-n4nc(C#N)c(=O)[nH]c4=O)cc3Cl)ccc2[nH]c1=O. The normalized spacial score (nSPS) is 10.9. The number of pyridine rings is 1. The lowest BCUT2D eigenvalue weighted by atomic mass is 10.0. The molecule has 0 saturated carbocycles. The Bertz CT molecular complexity index is 1550. The maximum Gasteiger partial charge on any atom is 0.349 e. The van der Waals surface area contributed by atoms with E-state index in [0.717, 1.165) is 21.1 Å². The highest BCUT2D eigenvalue weighted by atomic mass is 35.5. The molecular formula is C21H13Cl2N5O3. The van der Waals surface area contributed by atoms with Gasteiger partial charge in [-0.15, -0.1) is 5.10 Å². The minimum absolute atomic E-state index is 0.132. The summed E-state index contributed by atoms with van der Waals surface area (Å²) in [4.78, 5) is 40.3. The average Bonchev–Trinajstić information content (AvgIpc) is 2.71. The summed E-state index contributed by atoms with van der Waals surface area (Å²) in [7, 11) is 0. The summed E-state index contributed by atoms with van der Waals surface area (Å²) in [6, 6.07) is 12.0. The van der Waals surface area contributed by atoms with Crippen molar-refractivity contribution in [1.82, 2.24) is 19.7 Å². The van der Waals surface area contributed by atoms with Gasteiger partial charge < -0.3 is 4.98 Å². The van der Waals surface area contributed by atoms with Gasteiger partial charge in [-0.3, -0.25) is 14.6 Å². The molecule has 0 fully saturated rings. The third kappa shape index (κ3) is 3.89. The number of fused-ring (bicyclic) bond motifs is 1. The molecule has 0 radical (unpaired) electrons. The van der Waals surface area contributed by atoms with Gasteiger partial charge in [0, 0.05) is 27.5 Å². The van der Waals surface area contributed by atoms with Crippen molar-refractivity contribution in [1.29, 1.82) is 5.26 Å². The molecule has 4 aromatic rings. The average molecular weight is 454 g/mol. The second kappa shape index (κ2) is 7.87. The second-order valence-corrected chi connectivity index (χ2v) is 7.71. The van der Waals surface area contributed by atoms with E-state index in [0.29, 0.717) is 27.6 Å². The number of hydrogen-bond acceptors (Lipinski definition) is 5. The van der Waals surface area contributed by atoms with Gasteiger partial charge >= 0.3 is 5.69 Å². The Morgan fingerprint density at radius 3 is 2.42 bits per heavy atom. The zero-order valence-electron chi connectivity index (χ0n) is 16.0. The van der Waals surface area contributed by atoms with Crippen LogP contribution in [-0.2, 0) is 6.42 Å². The maximum atomic E-state index is 12.1. The van der Waals surface area contributed by atoms with Gasteiger partial charge in [-0.25, -0.2) is 4.79 Å². The van der Waals surface area contributed by atoms with Gasteiger partial charge in [0.2, 0.25) is 5.69 Å². The largest absolute Gasteiger partial charge is 0.349 e. The van der Waals surface area contributed by atoms with Crippen molar-refractivity contribution in [2.75, 3.05) is 0 Å². The summed E-state index contributed by atoms with van der Waals surface area (Å²) in [5.74, 6) is 0. The highest BCUT2D eigenvalue weighted by Gasteiger charge is 2.14. The fourth-order valence-corrected chi connectivity index (χ4v) is 3.82. The highest BCUT2D eigenvalue weighted by Crippen LogP contribution is 2.30. The number of rotatable bonds is 3. The molecule has 0 aliphatic heterocycles. The number of nitrogens with one attached hydrogen (secondary N) is 2. The summed E-state index contributed by atoms with van der Waals surface area (Å²) >= 11 is 12.9. The highest BCUT2D eigenvalue weighted by molar-refractivity contribution is 6.36. The molecule has 2 N–H and O–H groups in total. The van der Waals surface area contributed by atoms with E-state index in [1.54, 1.807) is 13.0 Å². The molecule has 2 heterocycles. The predicted molar refractivity (Wildman–Crippen MR) is 117 cm³/mol. The van der Waals surface area contributed by atoms with Gasteiger partial charge in [0.25, 0.3) is 11.1 Å². The molecule has 0 bridgehead atoms. The summed E-state index contributed by atoms with van der Waals surface area (Å²) in [5, 5.41) is 14.2. The Hall–Kier alpha value is -3.67. The molecule has 2 aromatic carbocycles. The van der Waals surface area contributed by atoms with Crippen molar-refractivity contribution in [2.24, 2.45) is 0 Å². The van der Waals surface area contributed by atoms with Gasteiger partial charge in [-0.05, 0) is 53.8 Å². The maximum absolute atomic E-state index is 12.1. The van der Waals surface area contributed by atoms with Crippen LogP contribution >= 0.6 is 23.2 Å². The Morgan fingerprint density at radius 1 is 1.03 bits per heavy atom. The van der Waals surface area contributed by atoms with Gasteiger partial charge in [0.1, 0.15) is 6.07 Å². The summed E-state index contributed by atoms with van der Waals surface area (Å²) in [6.45, 7) is 1.74. The topological polar surface area (TPSA) is 124 Å². The van der Waals surface area contributed by atoms with Crippen molar-refractivity contribution in [3.8, 4) is 11.8 Å². The van der Waals surface area contributed by atoms with Crippen molar-refractivity contribution in [3.05, 3.63) is 100 Å². The van der Waals surface area contributed by atoms with Gasteiger partial charge in [0.15, 0.2) is 0 Å². The molecule has 0 aliphatic rings. The van der Waals surface area contributed by atoms with Crippen LogP contribution in [0.4, 0.5) is 0 Å². The number of nitrogens with zero attached hydrogens (tertiary/aromatic N) is 3. The third-order valence-corrected chi connectivity index (χ3v) is 5.45. The summed E-state index contributed by atoms with van der Waals surface area (Å²) in [6.07, 6.45) is 0.406. The van der Waals surface area contributed by atoms with E-state index in [1.165, 1.54) is 12.1 Å². The zero-order valence-corrected chi connectivity index (χ0v) is 17.5. The van der Waals surface area contributed by atoms with E-state index < -0.39 is 16.9 Å². The fraction of sp³-hybridized carbons (Fsp3) is 0.0952. The smallest absolute Gasteiger partial charge is 0.322 e. The first-order chi connectivity index (χ1) is 14.8. The number of aryl methyl sites for hydroxylation is 1. The van der Waals surface area contributed by atoms with Crippen LogP contribution in [-0.4, -0.2) is 19.7 Å². The zero-order chi connectivity index (χ0) is 22.3. The number of aromatic nitrogens is 4. The number of H-pyrrole nitrogens is 2. The van der Waals surface area contributed by atoms with Crippen LogP contribution in [0.25, 0.3) is 16.6 Å². The number of nitriles is 1. The standard InChI is InChI=1S/C21H13Cl2N5O3/c1-10-4-12-5-11(2-3-17(12)25-19(10)29)6-14-15(22)7-13(8-16(14)23)28-21(31)26-20(30)18(9-24)27-28/h2-5,7-8H,6H2,1H3,(H,25,29)(H,26,30,31). The first kappa shape index (κ1) is 20.6. The molecular weight excluding hydrogens is 441 g/mol. The molecule has 0 saturated heterocycles. The van der Waals surface area contributed by atoms with E-state index in [9.17, 15) is 14.4 Å². The Balaban J connectivity index is 1.75. The van der Waals surface area contributed by atoms with Crippen molar-refractivity contribution in [2.45, 2.75) is 13.3 Å². The fourth-order valence-electron chi connectivity index (χ4n) is 3.21. The molecule has 2 aromatic heterocycles. The van der Waals surface area contributed by atoms with Crippen LogP contribution in [0.5, 0.6) is 0 Å². The lowest BCUT2D eigenvalue weighted by Crippen LogP contribution is -2.33. The molecule has 31 heavy (non-hydrogen) atoms. The number of benzene rings is 2. The summed E-state index contributed by atoms with van der Waals surface area (Å²) in [5.41, 5.74) is 0.820. The Kier molecular flexibility index (Phi) is 5.23. The Labute approximate surface area is 184 Å². The molecule has 0 aliphatic carbocycles. The molecule has 0 spiro atoms. The first-order valence-electron chi connectivity index (χ1n) is 9.01. The van der Waals surface area contributed by atoms with Crippen LogP contribution in [0, 0.1) is 18.3 Å². The third-order valence-electron chi connectivity index (χ3n) is 4.78. The molecule has 4 rings (SSSR count). The van der Waals surface area contributed by atoms with Crippen LogP contribution in [0.1, 0.15) is 22.4 Å². The molecule has 154 valence electrons. The molecule has 0 atom stereocenters. The quantitative estimate of drug-likeness (QED) is 0.493. The van der Waals surface area contributed by atoms with E-state index >= 15 is 0 Å². The minimum Gasteiger partial charge on any atom is -0.322 e. The number of hydrogen-bond donors (Lipinski definition) is 2. The number of aromatic amines is 2. The molecule has 0 unspecified atom stereocenters. The van der Waals surface area contributed by atoms with Crippen LogP contribution < -0.4 is 16.8 Å². The lowest BCUT2D eigenvalue weighted by molar-refractivity contribution is 0.740. The molecule has 10 heteroatoms. The Morgan fingerprint density at radius 2 is 1.74 bits per heavy atom. The van der Waals surface area contributed by atoms with Crippen molar-refractivity contribution >= 4 is 34.1 Å². The lowest BCUT2D eigenvalue weighted by Gasteiger charge is -2.12. The van der Waals surface area contributed by atoms with Gasteiger partial charge in [0.05, 0.1) is 5.69 Å². The minimum atomic E-state index is -0.870. The van der Waals surface area contributed by atoms with E-state index in [2.05, 4.69) is 10.1 Å². The molecule has 0 amide bonds. The predicted octanol–water partition coefficient (Wildman–Crippen LogP) is 2.84. The van der Waals surface area contributed by atoms with Crippen LogP contribution in [0.15, 0.2) is 50.8 Å². The first-order valence-corrected chi connectivity index (χ1v) is 9.77. The summed E-state index contributed by atoms with van der Waals surface area (Å²) < 4.78 is 0.858. The van der Waals surface area contributed by atoms with Crippen LogP contribution in [0.2, 0.25) is 10.0 Å². The monoisotopic (exact) mass is 453 g/mol. The van der Waals surface area contributed by atoms with Crippen molar-refractivity contribution < 1.29 is 0 Å².